The number of hydrogen-bond acceptors (Lipinski definition) is 4. The van der Waals surface area contributed by atoms with E-state index >= 15 is 0 Å². The lowest BCUT2D eigenvalue weighted by Crippen LogP contribution is -2.35. The van der Waals surface area contributed by atoms with Crippen LogP contribution in [0.5, 0.6) is 0 Å². The zero-order valence-electron chi connectivity index (χ0n) is 12.4. The number of carbonyl (C=O) groups is 1. The molecule has 1 aromatic rings. The lowest BCUT2D eigenvalue weighted by atomic mass is 10.3. The van der Waals surface area contributed by atoms with Gasteiger partial charge in [-0.1, -0.05) is 31.9 Å². The predicted molar refractivity (Wildman–Crippen MR) is 83.6 cm³/mol. The van der Waals surface area contributed by atoms with Crippen LogP contribution in [0.25, 0.3) is 0 Å². The fraction of sp³-hybridized carbons (Fsp3) is 0.500. The Kier molecular flexibility index (Phi) is 7.60. The summed E-state index contributed by atoms with van der Waals surface area (Å²) in [7, 11) is -1.26. The van der Waals surface area contributed by atoms with E-state index in [0.717, 1.165) is 23.9 Å². The summed E-state index contributed by atoms with van der Waals surface area (Å²) >= 11 is 0. The van der Waals surface area contributed by atoms with Crippen molar-refractivity contribution < 1.29 is 9.00 Å². The predicted octanol–water partition coefficient (Wildman–Crippen LogP) is 2.22. The first-order valence-corrected chi connectivity index (χ1v) is 8.27. The van der Waals surface area contributed by atoms with Crippen molar-refractivity contribution in [1.29, 1.82) is 0 Å². The number of carbonyl (C=O) groups excluding carboxylic acids is 1. The summed E-state index contributed by atoms with van der Waals surface area (Å²) in [5.41, 5.74) is 0. The minimum atomic E-state index is -1.26. The van der Waals surface area contributed by atoms with Gasteiger partial charge in [0.05, 0.1) is 10.8 Å². The third kappa shape index (κ3) is 5.26. The Morgan fingerprint density at radius 2 is 2.05 bits per heavy atom. The van der Waals surface area contributed by atoms with Crippen LogP contribution in [0.4, 0.5) is 4.79 Å². The summed E-state index contributed by atoms with van der Waals surface area (Å²) < 4.78 is 13.1. The van der Waals surface area contributed by atoms with E-state index in [1.807, 2.05) is 0 Å². The average Bonchev–Trinajstić information content (AvgIpc) is 2.96. The second-order valence-electron chi connectivity index (χ2n) is 4.49. The van der Waals surface area contributed by atoms with Crippen molar-refractivity contribution in [3.05, 3.63) is 31.6 Å². The van der Waals surface area contributed by atoms with Crippen molar-refractivity contribution in [1.82, 2.24) is 19.7 Å². The molecule has 0 fully saturated rings. The Balaban J connectivity index is 2.72. The fourth-order valence-electron chi connectivity index (χ4n) is 1.71. The highest BCUT2D eigenvalue weighted by molar-refractivity contribution is 7.84. The highest BCUT2D eigenvalue weighted by atomic mass is 32.2. The zero-order chi connectivity index (χ0) is 15.7. The molecular weight excluding hydrogens is 288 g/mol. The highest BCUT2D eigenvalue weighted by Gasteiger charge is 2.17. The van der Waals surface area contributed by atoms with E-state index in [9.17, 15) is 9.00 Å². The first kappa shape index (κ1) is 17.3. The summed E-state index contributed by atoms with van der Waals surface area (Å²) in [5, 5.41) is 4.23. The van der Waals surface area contributed by atoms with Gasteiger partial charge in [-0.2, -0.15) is 4.68 Å². The third-order valence-electron chi connectivity index (χ3n) is 2.77. The molecule has 1 unspecified atom stereocenters. The Labute approximate surface area is 128 Å². The number of aromatic nitrogens is 3. The van der Waals surface area contributed by atoms with Crippen LogP contribution in [0, 0.1) is 0 Å². The van der Waals surface area contributed by atoms with Gasteiger partial charge in [-0.15, -0.1) is 18.3 Å². The fourth-order valence-corrected chi connectivity index (χ4v) is 2.70. The standard InChI is InChI=1S/C14H22N4O2S/c1-4-7-8-11-21(20)13-15-12-18(16-13)14(19)17(9-5-2)10-6-3/h5-6,12H,2-4,7-11H2,1H3. The van der Waals surface area contributed by atoms with Gasteiger partial charge in [-0.3, -0.25) is 4.21 Å². The Bertz CT molecular complexity index is 503. The summed E-state index contributed by atoms with van der Waals surface area (Å²) in [5.74, 6) is 0.523. The maximum absolute atomic E-state index is 12.2. The number of nitrogens with zero attached hydrogens (tertiary/aromatic N) is 4. The van der Waals surface area contributed by atoms with Crippen LogP contribution in [-0.4, -0.2) is 48.7 Å². The molecule has 0 aliphatic rings. The van der Waals surface area contributed by atoms with E-state index in [1.165, 1.54) is 11.2 Å². The molecule has 1 rings (SSSR count). The van der Waals surface area contributed by atoms with Gasteiger partial charge >= 0.3 is 6.03 Å². The zero-order valence-corrected chi connectivity index (χ0v) is 13.2. The van der Waals surface area contributed by atoms with Gasteiger partial charge in [0.2, 0.25) is 5.16 Å². The molecule has 0 aliphatic heterocycles. The van der Waals surface area contributed by atoms with Gasteiger partial charge in [0.25, 0.3) is 0 Å². The third-order valence-corrected chi connectivity index (χ3v) is 4.03. The topological polar surface area (TPSA) is 68.1 Å². The van der Waals surface area contributed by atoms with Crippen LogP contribution < -0.4 is 0 Å². The second-order valence-corrected chi connectivity index (χ2v) is 5.96. The first-order valence-electron chi connectivity index (χ1n) is 6.95. The van der Waals surface area contributed by atoms with Crippen molar-refractivity contribution in [2.24, 2.45) is 0 Å². The van der Waals surface area contributed by atoms with Crippen LogP contribution in [0.2, 0.25) is 0 Å². The van der Waals surface area contributed by atoms with Crippen LogP contribution in [0.15, 0.2) is 36.8 Å². The van der Waals surface area contributed by atoms with E-state index in [2.05, 4.69) is 30.2 Å². The quantitative estimate of drug-likeness (QED) is 0.518. The molecule has 1 amide bonds. The van der Waals surface area contributed by atoms with Crippen molar-refractivity contribution >= 4 is 16.8 Å². The molecule has 0 saturated heterocycles. The van der Waals surface area contributed by atoms with Gasteiger partial charge in [-0.05, 0) is 6.42 Å². The van der Waals surface area contributed by atoms with Crippen molar-refractivity contribution in [3.63, 3.8) is 0 Å². The minimum absolute atomic E-state index is 0.205. The van der Waals surface area contributed by atoms with E-state index in [0.29, 0.717) is 18.8 Å². The van der Waals surface area contributed by atoms with Crippen LogP contribution in [-0.2, 0) is 10.8 Å². The van der Waals surface area contributed by atoms with E-state index in [1.54, 1.807) is 12.2 Å². The van der Waals surface area contributed by atoms with Crippen molar-refractivity contribution in [2.45, 2.75) is 31.3 Å². The smallest absolute Gasteiger partial charge is 0.315 e. The lowest BCUT2D eigenvalue weighted by Gasteiger charge is -2.17. The average molecular weight is 310 g/mol. The van der Waals surface area contributed by atoms with E-state index < -0.39 is 10.8 Å². The molecule has 0 spiro atoms. The molecule has 0 bridgehead atoms. The minimum Gasteiger partial charge on any atom is -0.315 e. The first-order chi connectivity index (χ1) is 10.1. The number of rotatable bonds is 9. The van der Waals surface area contributed by atoms with Crippen LogP contribution in [0.3, 0.4) is 0 Å². The Morgan fingerprint density at radius 3 is 2.62 bits per heavy atom. The number of hydrogen-bond donors (Lipinski definition) is 0. The largest absolute Gasteiger partial charge is 0.346 e. The van der Waals surface area contributed by atoms with E-state index in [-0.39, 0.29) is 11.2 Å². The molecule has 0 saturated carbocycles. The molecule has 1 heterocycles. The summed E-state index contributed by atoms with van der Waals surface area (Å²) in [6.07, 6.45) is 7.51. The second kappa shape index (κ2) is 9.23. The monoisotopic (exact) mass is 310 g/mol. The molecule has 1 atom stereocenters. The van der Waals surface area contributed by atoms with Gasteiger partial charge in [0, 0.05) is 18.8 Å². The normalized spacial score (nSPS) is 11.9. The molecule has 0 aromatic carbocycles. The molecule has 6 nitrogen and oxygen atoms in total. The summed E-state index contributed by atoms with van der Waals surface area (Å²) in [4.78, 5) is 17.7. The van der Waals surface area contributed by atoms with Gasteiger partial charge in [0.1, 0.15) is 6.33 Å². The summed E-state index contributed by atoms with van der Waals surface area (Å²) in [6, 6.07) is -0.334. The summed E-state index contributed by atoms with van der Waals surface area (Å²) in [6.45, 7) is 10.1. The Morgan fingerprint density at radius 1 is 1.38 bits per heavy atom. The van der Waals surface area contributed by atoms with E-state index in [4.69, 9.17) is 0 Å². The van der Waals surface area contributed by atoms with Gasteiger partial charge in [-0.25, -0.2) is 9.78 Å². The van der Waals surface area contributed by atoms with Crippen LogP contribution in [0.1, 0.15) is 26.2 Å². The van der Waals surface area contributed by atoms with Crippen LogP contribution >= 0.6 is 0 Å². The molecule has 0 radical (unpaired) electrons. The molecule has 7 heteroatoms. The maximum Gasteiger partial charge on any atom is 0.346 e. The molecule has 1 aromatic heterocycles. The SMILES string of the molecule is C=CCN(CC=C)C(=O)n1cnc(S(=O)CCCCC)n1. The molecule has 0 N–H and O–H groups in total. The maximum atomic E-state index is 12.2. The highest BCUT2D eigenvalue weighted by Crippen LogP contribution is 2.04. The van der Waals surface area contributed by atoms with Crippen molar-refractivity contribution in [3.8, 4) is 0 Å². The molecule has 0 aliphatic carbocycles. The molecular formula is C14H22N4O2S. The lowest BCUT2D eigenvalue weighted by molar-refractivity contribution is 0.206. The Hall–Kier alpha value is -1.76. The molecule has 21 heavy (non-hydrogen) atoms. The van der Waals surface area contributed by atoms with Gasteiger partial charge in [0.15, 0.2) is 0 Å². The molecule has 116 valence electrons. The van der Waals surface area contributed by atoms with Crippen molar-refractivity contribution in [2.75, 3.05) is 18.8 Å². The number of unbranched alkanes of at least 4 members (excludes halogenated alkanes) is 2. The number of amides is 1. The van der Waals surface area contributed by atoms with Gasteiger partial charge < -0.3 is 4.90 Å².